The van der Waals surface area contributed by atoms with Crippen molar-refractivity contribution in [2.45, 2.75) is 25.8 Å². The van der Waals surface area contributed by atoms with Gasteiger partial charge in [-0.1, -0.05) is 6.92 Å². The number of carboxylic acids is 1. The lowest BCUT2D eigenvalue weighted by Gasteiger charge is -2.10. The van der Waals surface area contributed by atoms with Crippen LogP contribution in [0.5, 0.6) is 0 Å². The van der Waals surface area contributed by atoms with Gasteiger partial charge in [0.05, 0.1) is 0 Å². The minimum atomic E-state index is -0.895. The largest absolute Gasteiger partial charge is 0.480 e. The van der Waals surface area contributed by atoms with Crippen molar-refractivity contribution in [2.75, 3.05) is 13.6 Å². The lowest BCUT2D eigenvalue weighted by atomic mass is 10.2. The van der Waals surface area contributed by atoms with E-state index < -0.39 is 12.0 Å². The Bertz CT molecular complexity index is 182. The Morgan fingerprint density at radius 1 is 1.46 bits per heavy atom. The van der Waals surface area contributed by atoms with Crippen LogP contribution in [-0.4, -0.2) is 36.6 Å². The number of carboxylic acid groups (broad SMARTS) is 1. The summed E-state index contributed by atoms with van der Waals surface area (Å²) in [7, 11) is 1.58. The molecule has 0 radical (unpaired) electrons. The van der Waals surface area contributed by atoms with Gasteiger partial charge in [0.1, 0.15) is 6.04 Å². The quantitative estimate of drug-likeness (QED) is 0.529. The lowest BCUT2D eigenvalue weighted by molar-refractivity contribution is -0.139. The molecule has 13 heavy (non-hydrogen) atoms. The number of likely N-dealkylation sites (N-methyl/N-ethyl adjacent to an activating group) is 1. The molecule has 0 unspecified atom stereocenters. The normalized spacial score (nSPS) is 12.2. The van der Waals surface area contributed by atoms with Gasteiger partial charge in [0.15, 0.2) is 0 Å². The van der Waals surface area contributed by atoms with Crippen molar-refractivity contribution >= 4 is 11.9 Å². The molecule has 0 aliphatic carbocycles. The van der Waals surface area contributed by atoms with Crippen LogP contribution in [-0.2, 0) is 9.59 Å². The van der Waals surface area contributed by atoms with Crippen molar-refractivity contribution in [1.82, 2.24) is 10.6 Å². The number of carbonyl (C=O) groups is 2. The van der Waals surface area contributed by atoms with Gasteiger partial charge in [0, 0.05) is 13.0 Å². The third kappa shape index (κ3) is 5.19. The topological polar surface area (TPSA) is 78.4 Å². The summed E-state index contributed by atoms with van der Waals surface area (Å²) in [4.78, 5) is 21.3. The molecule has 0 saturated heterocycles. The van der Waals surface area contributed by atoms with Crippen molar-refractivity contribution in [2.24, 2.45) is 0 Å². The molecule has 5 heteroatoms. The predicted molar refractivity (Wildman–Crippen MR) is 48.4 cm³/mol. The number of aliphatic carboxylic acids is 1. The molecule has 1 atom stereocenters. The molecular weight excluding hydrogens is 172 g/mol. The average Bonchev–Trinajstić information content (AvgIpc) is 2.11. The summed E-state index contributed by atoms with van der Waals surface area (Å²) >= 11 is 0. The predicted octanol–water partition coefficient (Wildman–Crippen LogP) is -0.425. The summed E-state index contributed by atoms with van der Waals surface area (Å²) < 4.78 is 0. The Labute approximate surface area is 77.5 Å². The summed E-state index contributed by atoms with van der Waals surface area (Å²) in [6, 6.07) is -0.586. The molecule has 5 nitrogen and oxygen atoms in total. The first kappa shape index (κ1) is 11.9. The smallest absolute Gasteiger partial charge is 0.320 e. The van der Waals surface area contributed by atoms with Crippen LogP contribution in [0.2, 0.25) is 0 Å². The number of hydrogen-bond donors (Lipinski definition) is 3. The second-order valence-electron chi connectivity index (χ2n) is 2.67. The van der Waals surface area contributed by atoms with Crippen LogP contribution in [0.3, 0.4) is 0 Å². The van der Waals surface area contributed by atoms with Gasteiger partial charge < -0.3 is 15.7 Å². The van der Waals surface area contributed by atoms with Crippen molar-refractivity contribution in [3.8, 4) is 0 Å². The maximum atomic E-state index is 10.8. The van der Waals surface area contributed by atoms with Crippen LogP contribution < -0.4 is 10.6 Å². The third-order valence-corrected chi connectivity index (χ3v) is 1.72. The number of amides is 1. The van der Waals surface area contributed by atoms with E-state index in [0.717, 1.165) is 0 Å². The van der Waals surface area contributed by atoms with Crippen LogP contribution >= 0.6 is 0 Å². The van der Waals surface area contributed by atoms with E-state index in [9.17, 15) is 9.59 Å². The fraction of sp³-hybridized carbons (Fsp3) is 0.750. The van der Waals surface area contributed by atoms with Gasteiger partial charge in [-0.05, 0) is 13.5 Å². The standard InChI is InChI=1S/C8H16N2O3/c1-3-7(11)10-5-4-6(9-2)8(12)13/h6,9H,3-5H2,1-2H3,(H,10,11)(H,12,13)/t6-/m1/s1. The highest BCUT2D eigenvalue weighted by Gasteiger charge is 2.13. The zero-order chi connectivity index (χ0) is 10.3. The van der Waals surface area contributed by atoms with E-state index in [1.165, 1.54) is 0 Å². The number of carbonyl (C=O) groups excluding carboxylic acids is 1. The molecule has 0 aromatic carbocycles. The van der Waals surface area contributed by atoms with E-state index in [-0.39, 0.29) is 5.91 Å². The van der Waals surface area contributed by atoms with E-state index in [2.05, 4.69) is 10.6 Å². The minimum absolute atomic E-state index is 0.0553. The third-order valence-electron chi connectivity index (χ3n) is 1.72. The number of nitrogens with one attached hydrogen (secondary N) is 2. The highest BCUT2D eigenvalue weighted by Crippen LogP contribution is 1.89. The fourth-order valence-electron chi connectivity index (χ4n) is 0.872. The second-order valence-corrected chi connectivity index (χ2v) is 2.67. The number of hydrogen-bond acceptors (Lipinski definition) is 3. The maximum absolute atomic E-state index is 10.8. The fourth-order valence-corrected chi connectivity index (χ4v) is 0.872. The minimum Gasteiger partial charge on any atom is -0.480 e. The van der Waals surface area contributed by atoms with Gasteiger partial charge in [-0.25, -0.2) is 0 Å². The molecular formula is C8H16N2O3. The average molecular weight is 188 g/mol. The molecule has 0 aromatic heterocycles. The van der Waals surface area contributed by atoms with Crippen molar-refractivity contribution in [1.29, 1.82) is 0 Å². The maximum Gasteiger partial charge on any atom is 0.320 e. The molecule has 3 N–H and O–H groups in total. The summed E-state index contributed by atoms with van der Waals surface area (Å²) in [6.45, 7) is 2.15. The Kier molecular flexibility index (Phi) is 5.88. The molecule has 0 aliphatic rings. The highest BCUT2D eigenvalue weighted by molar-refractivity contribution is 5.76. The van der Waals surface area contributed by atoms with E-state index in [1.54, 1.807) is 14.0 Å². The van der Waals surface area contributed by atoms with Crippen LogP contribution in [0.1, 0.15) is 19.8 Å². The molecule has 1 amide bonds. The molecule has 0 heterocycles. The van der Waals surface area contributed by atoms with Gasteiger partial charge in [-0.2, -0.15) is 0 Å². The Morgan fingerprint density at radius 3 is 2.46 bits per heavy atom. The van der Waals surface area contributed by atoms with Gasteiger partial charge >= 0.3 is 5.97 Å². The van der Waals surface area contributed by atoms with E-state index in [0.29, 0.717) is 19.4 Å². The summed E-state index contributed by atoms with van der Waals surface area (Å²) in [5.74, 6) is -0.950. The summed E-state index contributed by atoms with van der Waals surface area (Å²) in [5, 5.41) is 13.9. The van der Waals surface area contributed by atoms with Gasteiger partial charge in [-0.15, -0.1) is 0 Å². The molecule has 0 aliphatic heterocycles. The second kappa shape index (κ2) is 6.42. The van der Waals surface area contributed by atoms with Crippen LogP contribution in [0.25, 0.3) is 0 Å². The van der Waals surface area contributed by atoms with Gasteiger partial charge in [0.25, 0.3) is 0 Å². The highest BCUT2D eigenvalue weighted by atomic mass is 16.4. The molecule has 0 saturated carbocycles. The molecule has 76 valence electrons. The first-order valence-electron chi connectivity index (χ1n) is 4.28. The lowest BCUT2D eigenvalue weighted by Crippen LogP contribution is -2.37. The van der Waals surface area contributed by atoms with Crippen molar-refractivity contribution in [3.63, 3.8) is 0 Å². The summed E-state index contributed by atoms with van der Waals surface area (Å²) in [5.41, 5.74) is 0. The summed E-state index contributed by atoms with van der Waals surface area (Å²) in [6.07, 6.45) is 0.828. The molecule has 0 rings (SSSR count). The van der Waals surface area contributed by atoms with E-state index in [1.807, 2.05) is 0 Å². The Hall–Kier alpha value is -1.10. The Balaban J connectivity index is 3.61. The van der Waals surface area contributed by atoms with Crippen LogP contribution in [0, 0.1) is 0 Å². The van der Waals surface area contributed by atoms with Crippen LogP contribution in [0.15, 0.2) is 0 Å². The van der Waals surface area contributed by atoms with E-state index >= 15 is 0 Å². The first-order valence-corrected chi connectivity index (χ1v) is 4.28. The zero-order valence-electron chi connectivity index (χ0n) is 7.96. The number of rotatable bonds is 6. The van der Waals surface area contributed by atoms with Crippen molar-refractivity contribution < 1.29 is 14.7 Å². The van der Waals surface area contributed by atoms with E-state index in [4.69, 9.17) is 5.11 Å². The SMILES string of the molecule is CCC(=O)NCC[C@@H](NC)C(=O)O. The molecule has 0 spiro atoms. The van der Waals surface area contributed by atoms with Crippen LogP contribution in [0.4, 0.5) is 0 Å². The molecule has 0 aromatic rings. The molecule has 0 bridgehead atoms. The zero-order valence-corrected chi connectivity index (χ0v) is 7.96. The van der Waals surface area contributed by atoms with Gasteiger partial charge in [0.2, 0.25) is 5.91 Å². The monoisotopic (exact) mass is 188 g/mol. The van der Waals surface area contributed by atoms with Gasteiger partial charge in [-0.3, -0.25) is 9.59 Å². The Morgan fingerprint density at radius 2 is 2.08 bits per heavy atom. The van der Waals surface area contributed by atoms with Crippen molar-refractivity contribution in [3.05, 3.63) is 0 Å². The first-order chi connectivity index (χ1) is 6.11. The molecule has 0 fully saturated rings.